The molecular formula is C18H15Cl2N3O2S. The van der Waals surface area contributed by atoms with Gasteiger partial charge in [0.2, 0.25) is 11.8 Å². The topological polar surface area (TPSA) is 61.4 Å². The number of hydrogen-bond donors (Lipinski definition) is 2. The van der Waals surface area contributed by atoms with E-state index in [1.807, 2.05) is 0 Å². The molecule has 1 aliphatic heterocycles. The first-order valence-corrected chi connectivity index (χ1v) is 9.09. The summed E-state index contributed by atoms with van der Waals surface area (Å²) in [7, 11) is 0. The van der Waals surface area contributed by atoms with Crippen molar-refractivity contribution in [1.29, 1.82) is 0 Å². The summed E-state index contributed by atoms with van der Waals surface area (Å²) in [5.74, 6) is -0.336. The molecule has 0 aromatic heterocycles. The summed E-state index contributed by atoms with van der Waals surface area (Å²) >= 11 is 17.1. The molecule has 0 saturated carbocycles. The summed E-state index contributed by atoms with van der Waals surface area (Å²) in [5.41, 5.74) is 2.00. The fourth-order valence-electron chi connectivity index (χ4n) is 2.60. The maximum atomic E-state index is 12.0. The third kappa shape index (κ3) is 4.33. The average molecular weight is 408 g/mol. The highest BCUT2D eigenvalue weighted by Gasteiger charge is 2.27. The van der Waals surface area contributed by atoms with Crippen LogP contribution >= 0.6 is 35.4 Å². The summed E-state index contributed by atoms with van der Waals surface area (Å²) in [4.78, 5) is 25.2. The van der Waals surface area contributed by atoms with Gasteiger partial charge in [0, 0.05) is 24.2 Å². The zero-order chi connectivity index (χ0) is 18.7. The highest BCUT2D eigenvalue weighted by Crippen LogP contribution is 2.26. The molecule has 0 aliphatic carbocycles. The number of nitrogens with zero attached hydrogens (tertiary/aromatic N) is 1. The van der Waals surface area contributed by atoms with Crippen LogP contribution in [0.4, 0.5) is 17.1 Å². The Balaban J connectivity index is 1.65. The van der Waals surface area contributed by atoms with Crippen LogP contribution in [0, 0.1) is 0 Å². The number of hydrogen-bond acceptors (Lipinski definition) is 3. The molecule has 26 heavy (non-hydrogen) atoms. The van der Waals surface area contributed by atoms with E-state index in [2.05, 4.69) is 10.6 Å². The Kier molecular flexibility index (Phi) is 5.76. The third-order valence-electron chi connectivity index (χ3n) is 3.84. The van der Waals surface area contributed by atoms with Crippen molar-refractivity contribution >= 4 is 69.4 Å². The van der Waals surface area contributed by atoms with Gasteiger partial charge >= 0.3 is 0 Å². The second kappa shape index (κ2) is 8.03. The molecule has 134 valence electrons. The molecule has 1 saturated heterocycles. The molecule has 0 spiro atoms. The number of piperidine rings is 1. The predicted molar refractivity (Wildman–Crippen MR) is 109 cm³/mol. The Bertz CT molecular complexity index is 855. The van der Waals surface area contributed by atoms with E-state index in [0.29, 0.717) is 45.8 Å². The SMILES string of the molecule is O=C1CCCC(=O)N1c1ccc(NC(=S)Nc2ccc(Cl)c(Cl)c2)cc1. The van der Waals surface area contributed by atoms with E-state index < -0.39 is 0 Å². The lowest BCUT2D eigenvalue weighted by Gasteiger charge is -2.25. The van der Waals surface area contributed by atoms with Crippen LogP contribution in [0.2, 0.25) is 10.0 Å². The van der Waals surface area contributed by atoms with Crippen LogP contribution in [0.5, 0.6) is 0 Å². The largest absolute Gasteiger partial charge is 0.332 e. The molecule has 0 radical (unpaired) electrons. The quantitative estimate of drug-likeness (QED) is 0.562. The molecular weight excluding hydrogens is 393 g/mol. The minimum absolute atomic E-state index is 0.168. The van der Waals surface area contributed by atoms with Gasteiger partial charge in [0.1, 0.15) is 0 Å². The number of imide groups is 1. The summed E-state index contributed by atoms with van der Waals surface area (Å²) in [5, 5.41) is 7.31. The molecule has 2 amide bonds. The number of thiocarbonyl (C=S) groups is 1. The van der Waals surface area contributed by atoms with Gasteiger partial charge in [-0.3, -0.25) is 14.5 Å². The van der Waals surface area contributed by atoms with Gasteiger partial charge < -0.3 is 10.6 Å². The minimum atomic E-state index is -0.168. The standard InChI is InChI=1S/C18H15Cl2N3O2S/c19-14-9-6-12(10-15(14)20)22-18(26)21-11-4-7-13(8-5-11)23-16(24)2-1-3-17(23)25/h4-10H,1-3H2,(H2,21,22,26). The molecule has 8 heteroatoms. The van der Waals surface area contributed by atoms with Crippen LogP contribution in [0.25, 0.3) is 0 Å². The lowest BCUT2D eigenvalue weighted by Crippen LogP contribution is -2.40. The Morgan fingerprint density at radius 1 is 0.885 bits per heavy atom. The molecule has 2 N–H and O–H groups in total. The van der Waals surface area contributed by atoms with Crippen molar-refractivity contribution in [3.63, 3.8) is 0 Å². The van der Waals surface area contributed by atoms with Gasteiger partial charge in [-0.15, -0.1) is 0 Å². The van der Waals surface area contributed by atoms with E-state index in [9.17, 15) is 9.59 Å². The van der Waals surface area contributed by atoms with Gasteiger partial charge in [0.25, 0.3) is 0 Å². The first-order valence-electron chi connectivity index (χ1n) is 7.93. The Labute approximate surface area is 166 Å². The normalized spacial score (nSPS) is 14.3. The molecule has 2 aromatic rings. The van der Waals surface area contributed by atoms with Crippen molar-refractivity contribution in [3.05, 3.63) is 52.5 Å². The molecule has 5 nitrogen and oxygen atoms in total. The van der Waals surface area contributed by atoms with Crippen molar-refractivity contribution in [2.75, 3.05) is 15.5 Å². The molecule has 0 unspecified atom stereocenters. The summed E-state index contributed by atoms with van der Waals surface area (Å²) < 4.78 is 0. The zero-order valence-electron chi connectivity index (χ0n) is 13.6. The van der Waals surface area contributed by atoms with E-state index in [0.717, 1.165) is 5.69 Å². The zero-order valence-corrected chi connectivity index (χ0v) is 15.9. The highest BCUT2D eigenvalue weighted by atomic mass is 35.5. The van der Waals surface area contributed by atoms with Gasteiger partial charge in [-0.05, 0) is 61.1 Å². The van der Waals surface area contributed by atoms with Gasteiger partial charge in [-0.1, -0.05) is 23.2 Å². The van der Waals surface area contributed by atoms with E-state index in [1.54, 1.807) is 42.5 Å². The van der Waals surface area contributed by atoms with E-state index in [-0.39, 0.29) is 11.8 Å². The van der Waals surface area contributed by atoms with Crippen LogP contribution in [0.3, 0.4) is 0 Å². The fraction of sp³-hybridized carbons (Fsp3) is 0.167. The summed E-state index contributed by atoms with van der Waals surface area (Å²) in [6.45, 7) is 0. The van der Waals surface area contributed by atoms with E-state index in [1.165, 1.54) is 4.90 Å². The van der Waals surface area contributed by atoms with Crippen LogP contribution in [0.15, 0.2) is 42.5 Å². The molecule has 1 aliphatic rings. The Morgan fingerprint density at radius 2 is 1.46 bits per heavy atom. The number of halogens is 2. The van der Waals surface area contributed by atoms with E-state index in [4.69, 9.17) is 35.4 Å². The van der Waals surface area contributed by atoms with Crippen LogP contribution in [-0.4, -0.2) is 16.9 Å². The molecule has 2 aromatic carbocycles. The third-order valence-corrected chi connectivity index (χ3v) is 4.78. The predicted octanol–water partition coefficient (Wildman–Crippen LogP) is 4.85. The second-order valence-corrected chi connectivity index (χ2v) is 6.95. The van der Waals surface area contributed by atoms with Gasteiger partial charge in [-0.2, -0.15) is 0 Å². The number of carbonyl (C=O) groups is 2. The average Bonchev–Trinajstić information content (AvgIpc) is 2.59. The van der Waals surface area contributed by atoms with Crippen molar-refractivity contribution in [3.8, 4) is 0 Å². The van der Waals surface area contributed by atoms with Crippen molar-refractivity contribution in [1.82, 2.24) is 0 Å². The Hall–Kier alpha value is -2.15. The van der Waals surface area contributed by atoms with E-state index >= 15 is 0 Å². The molecule has 0 atom stereocenters. The number of rotatable bonds is 3. The number of nitrogens with one attached hydrogen (secondary N) is 2. The summed E-state index contributed by atoms with van der Waals surface area (Å²) in [6, 6.07) is 12.1. The maximum absolute atomic E-state index is 12.0. The smallest absolute Gasteiger partial charge is 0.233 e. The second-order valence-electron chi connectivity index (χ2n) is 5.73. The maximum Gasteiger partial charge on any atom is 0.233 e. The Morgan fingerprint density at radius 3 is 2.08 bits per heavy atom. The van der Waals surface area contributed by atoms with Crippen LogP contribution < -0.4 is 15.5 Å². The number of anilines is 3. The number of benzene rings is 2. The van der Waals surface area contributed by atoms with Gasteiger partial charge in [0.15, 0.2) is 5.11 Å². The lowest BCUT2D eigenvalue weighted by atomic mass is 10.1. The number of amides is 2. The van der Waals surface area contributed by atoms with Gasteiger partial charge in [0.05, 0.1) is 15.7 Å². The highest BCUT2D eigenvalue weighted by molar-refractivity contribution is 7.80. The van der Waals surface area contributed by atoms with Crippen molar-refractivity contribution < 1.29 is 9.59 Å². The first kappa shape index (κ1) is 18.6. The fourth-order valence-corrected chi connectivity index (χ4v) is 3.14. The van der Waals surface area contributed by atoms with Crippen molar-refractivity contribution in [2.45, 2.75) is 19.3 Å². The molecule has 1 fully saturated rings. The lowest BCUT2D eigenvalue weighted by molar-refractivity contribution is -0.129. The molecule has 3 rings (SSSR count). The minimum Gasteiger partial charge on any atom is -0.332 e. The molecule has 0 bridgehead atoms. The molecule has 1 heterocycles. The van der Waals surface area contributed by atoms with Crippen LogP contribution in [-0.2, 0) is 9.59 Å². The van der Waals surface area contributed by atoms with Crippen LogP contribution in [0.1, 0.15) is 19.3 Å². The first-order chi connectivity index (χ1) is 12.4. The summed E-state index contributed by atoms with van der Waals surface area (Å²) in [6.07, 6.45) is 1.40. The van der Waals surface area contributed by atoms with Gasteiger partial charge in [-0.25, -0.2) is 0 Å². The monoisotopic (exact) mass is 407 g/mol. The number of carbonyl (C=O) groups excluding carboxylic acids is 2. The van der Waals surface area contributed by atoms with Crippen molar-refractivity contribution in [2.24, 2.45) is 0 Å².